The van der Waals surface area contributed by atoms with Crippen molar-refractivity contribution in [2.45, 2.75) is 46.2 Å². The Bertz CT molecular complexity index is 226. The molecule has 0 saturated carbocycles. The van der Waals surface area contributed by atoms with Crippen molar-refractivity contribution in [1.82, 2.24) is 15.1 Å². The third kappa shape index (κ3) is 4.57. The van der Waals surface area contributed by atoms with Gasteiger partial charge in [-0.1, -0.05) is 13.8 Å². The predicted octanol–water partition coefficient (Wildman–Crippen LogP) is 1.65. The maximum atomic E-state index is 3.57. The quantitative estimate of drug-likeness (QED) is 0.789. The normalized spacial score (nSPS) is 24.2. The van der Waals surface area contributed by atoms with E-state index in [9.17, 15) is 0 Å². The minimum atomic E-state index is 0.310. The Morgan fingerprint density at radius 2 is 1.76 bits per heavy atom. The smallest absolute Gasteiger partial charge is 0.0277 e. The summed E-state index contributed by atoms with van der Waals surface area (Å²) >= 11 is 0. The van der Waals surface area contributed by atoms with E-state index in [1.165, 1.54) is 19.6 Å². The van der Waals surface area contributed by atoms with Crippen LogP contribution >= 0.6 is 0 Å². The summed E-state index contributed by atoms with van der Waals surface area (Å²) in [6.45, 7) is 17.3. The van der Waals surface area contributed by atoms with Gasteiger partial charge in [0.25, 0.3) is 0 Å². The molecule has 0 aromatic carbocycles. The van der Waals surface area contributed by atoms with E-state index < -0.39 is 0 Å². The van der Waals surface area contributed by atoms with Crippen LogP contribution in [-0.4, -0.2) is 61.2 Å². The molecule has 0 amide bonds. The first-order valence-corrected chi connectivity index (χ1v) is 6.99. The Morgan fingerprint density at radius 1 is 1.12 bits per heavy atom. The van der Waals surface area contributed by atoms with Crippen LogP contribution in [-0.2, 0) is 0 Å². The standard InChI is InChI=1S/C14H31N3/c1-12(2)9-15-10-13(3)17-8-7-16(6)14(4,5)11-17/h12-13,15H,7-11H2,1-6H3. The molecular formula is C14H31N3. The second kappa shape index (κ2) is 6.17. The number of likely N-dealkylation sites (N-methyl/N-ethyl adjacent to an activating group) is 1. The molecule has 1 heterocycles. The van der Waals surface area contributed by atoms with Gasteiger partial charge in [-0.3, -0.25) is 9.80 Å². The molecule has 0 aromatic rings. The van der Waals surface area contributed by atoms with Crippen LogP contribution < -0.4 is 5.32 Å². The van der Waals surface area contributed by atoms with E-state index in [1.54, 1.807) is 0 Å². The van der Waals surface area contributed by atoms with Gasteiger partial charge in [-0.25, -0.2) is 0 Å². The summed E-state index contributed by atoms with van der Waals surface area (Å²) in [7, 11) is 2.24. The topological polar surface area (TPSA) is 18.5 Å². The molecule has 0 bridgehead atoms. The highest BCUT2D eigenvalue weighted by Crippen LogP contribution is 2.20. The third-order valence-electron chi connectivity index (χ3n) is 3.96. The molecule has 1 aliphatic rings. The number of nitrogens with one attached hydrogen (secondary N) is 1. The lowest BCUT2D eigenvalue weighted by atomic mass is 9.98. The molecule has 1 N–H and O–H groups in total. The number of hydrogen-bond donors (Lipinski definition) is 1. The van der Waals surface area contributed by atoms with Crippen molar-refractivity contribution < 1.29 is 0 Å². The van der Waals surface area contributed by atoms with Crippen molar-refractivity contribution in [3.8, 4) is 0 Å². The van der Waals surface area contributed by atoms with Gasteiger partial charge in [-0.05, 0) is 40.3 Å². The molecule has 102 valence electrons. The summed E-state index contributed by atoms with van der Waals surface area (Å²) in [5, 5.41) is 3.57. The van der Waals surface area contributed by atoms with Gasteiger partial charge in [0.15, 0.2) is 0 Å². The molecule has 1 unspecified atom stereocenters. The Labute approximate surface area is 108 Å². The molecule has 0 radical (unpaired) electrons. The first-order valence-electron chi connectivity index (χ1n) is 6.99. The van der Waals surface area contributed by atoms with Gasteiger partial charge >= 0.3 is 0 Å². The van der Waals surface area contributed by atoms with Crippen molar-refractivity contribution in [3.63, 3.8) is 0 Å². The van der Waals surface area contributed by atoms with Gasteiger partial charge < -0.3 is 5.32 Å². The fraction of sp³-hybridized carbons (Fsp3) is 1.00. The number of rotatable bonds is 5. The highest BCUT2D eigenvalue weighted by molar-refractivity contribution is 4.90. The highest BCUT2D eigenvalue weighted by atomic mass is 15.3. The first kappa shape index (κ1) is 14.9. The maximum Gasteiger partial charge on any atom is 0.0277 e. The lowest BCUT2D eigenvalue weighted by molar-refractivity contribution is 0.0207. The van der Waals surface area contributed by atoms with E-state index in [1.807, 2.05) is 0 Å². The zero-order chi connectivity index (χ0) is 13.1. The third-order valence-corrected chi connectivity index (χ3v) is 3.96. The molecule has 1 aliphatic heterocycles. The van der Waals surface area contributed by atoms with Crippen molar-refractivity contribution in [2.75, 3.05) is 39.8 Å². The molecule has 1 fully saturated rings. The first-order chi connectivity index (χ1) is 7.83. The lowest BCUT2D eigenvalue weighted by Crippen LogP contribution is -2.60. The van der Waals surface area contributed by atoms with Crippen LogP contribution in [0.3, 0.4) is 0 Å². The zero-order valence-electron chi connectivity index (χ0n) is 12.6. The number of nitrogens with zero attached hydrogens (tertiary/aromatic N) is 2. The van der Waals surface area contributed by atoms with Crippen LogP contribution in [0.4, 0.5) is 0 Å². The summed E-state index contributed by atoms with van der Waals surface area (Å²) < 4.78 is 0. The highest BCUT2D eigenvalue weighted by Gasteiger charge is 2.32. The maximum absolute atomic E-state index is 3.57. The van der Waals surface area contributed by atoms with Crippen molar-refractivity contribution in [1.29, 1.82) is 0 Å². The second-order valence-corrected chi connectivity index (χ2v) is 6.61. The Balaban J connectivity index is 2.35. The van der Waals surface area contributed by atoms with Crippen molar-refractivity contribution in [3.05, 3.63) is 0 Å². The molecule has 1 atom stereocenters. The van der Waals surface area contributed by atoms with E-state index in [0.29, 0.717) is 11.6 Å². The van der Waals surface area contributed by atoms with Crippen molar-refractivity contribution >= 4 is 0 Å². The number of piperazine rings is 1. The van der Waals surface area contributed by atoms with Crippen molar-refractivity contribution in [2.24, 2.45) is 5.92 Å². The second-order valence-electron chi connectivity index (χ2n) is 6.61. The largest absolute Gasteiger partial charge is 0.315 e. The van der Waals surface area contributed by atoms with Gasteiger partial charge in [0.2, 0.25) is 0 Å². The van der Waals surface area contributed by atoms with E-state index in [0.717, 1.165) is 19.0 Å². The molecule has 17 heavy (non-hydrogen) atoms. The lowest BCUT2D eigenvalue weighted by Gasteiger charge is -2.47. The average Bonchev–Trinajstić information content (AvgIpc) is 2.21. The monoisotopic (exact) mass is 241 g/mol. The zero-order valence-corrected chi connectivity index (χ0v) is 12.6. The van der Waals surface area contributed by atoms with Crippen LogP contribution in [0, 0.1) is 5.92 Å². The van der Waals surface area contributed by atoms with Gasteiger partial charge in [0, 0.05) is 37.8 Å². The van der Waals surface area contributed by atoms with E-state index in [4.69, 9.17) is 0 Å². The van der Waals surface area contributed by atoms with Crippen LogP contribution in [0.1, 0.15) is 34.6 Å². The van der Waals surface area contributed by atoms with Gasteiger partial charge in [0.05, 0.1) is 0 Å². The Hall–Kier alpha value is -0.120. The summed E-state index contributed by atoms with van der Waals surface area (Å²) in [6.07, 6.45) is 0. The average molecular weight is 241 g/mol. The molecule has 1 saturated heterocycles. The SMILES string of the molecule is CC(C)CNCC(C)N1CCN(C)C(C)(C)C1. The van der Waals surface area contributed by atoms with Crippen LogP contribution in [0.15, 0.2) is 0 Å². The van der Waals surface area contributed by atoms with Gasteiger partial charge in [0.1, 0.15) is 0 Å². The van der Waals surface area contributed by atoms with Crippen LogP contribution in [0.2, 0.25) is 0 Å². The molecule has 3 heteroatoms. The minimum Gasteiger partial charge on any atom is -0.315 e. The summed E-state index contributed by atoms with van der Waals surface area (Å²) in [4.78, 5) is 5.09. The van der Waals surface area contributed by atoms with E-state index in [2.05, 4.69) is 56.8 Å². The van der Waals surface area contributed by atoms with E-state index >= 15 is 0 Å². The molecular weight excluding hydrogens is 210 g/mol. The number of hydrogen-bond acceptors (Lipinski definition) is 3. The van der Waals surface area contributed by atoms with Gasteiger partial charge in [-0.2, -0.15) is 0 Å². The predicted molar refractivity (Wildman–Crippen MR) is 75.5 cm³/mol. The Morgan fingerprint density at radius 3 is 2.29 bits per heavy atom. The molecule has 0 aromatic heterocycles. The van der Waals surface area contributed by atoms with Crippen LogP contribution in [0.25, 0.3) is 0 Å². The fourth-order valence-corrected chi connectivity index (χ4v) is 2.36. The summed E-state index contributed by atoms with van der Waals surface area (Å²) in [6, 6.07) is 0.640. The Kier molecular flexibility index (Phi) is 5.42. The summed E-state index contributed by atoms with van der Waals surface area (Å²) in [5.74, 6) is 0.742. The van der Waals surface area contributed by atoms with Crippen LogP contribution in [0.5, 0.6) is 0 Å². The fourth-order valence-electron chi connectivity index (χ4n) is 2.36. The molecule has 0 spiro atoms. The van der Waals surface area contributed by atoms with Gasteiger partial charge in [-0.15, -0.1) is 0 Å². The molecule has 3 nitrogen and oxygen atoms in total. The molecule has 1 rings (SSSR count). The molecule has 0 aliphatic carbocycles. The summed E-state index contributed by atoms with van der Waals surface area (Å²) in [5.41, 5.74) is 0.310. The minimum absolute atomic E-state index is 0.310. The van der Waals surface area contributed by atoms with E-state index in [-0.39, 0.29) is 0 Å².